The number of pyridine rings is 1. The second kappa shape index (κ2) is 22.9. The van der Waals surface area contributed by atoms with Gasteiger partial charge >= 0.3 is 5.97 Å². The van der Waals surface area contributed by atoms with Crippen molar-refractivity contribution in [2.24, 2.45) is 13.0 Å². The van der Waals surface area contributed by atoms with Gasteiger partial charge < -0.3 is 28.6 Å². The number of nitrogens with one attached hydrogen (secondary N) is 1. The van der Waals surface area contributed by atoms with Crippen LogP contribution in [0.2, 0.25) is 0 Å². The summed E-state index contributed by atoms with van der Waals surface area (Å²) in [4.78, 5) is 50.2. The van der Waals surface area contributed by atoms with E-state index in [4.69, 9.17) is 28.7 Å². The standard InChI is InChI=1S/C52H66N10O12S2/c1-35-30-52(6,7)61(31-35)48-42(49(64)57-75(66,67)44-32-58(8)55-36(44)2)15-16-45(54-48)62-22-19-46(56-62)73-28-26-71-24-23-70-25-27-72-39-11-9-37(10-12-39)38-17-20-60(21-18-38)76(68,69)40-13-14-41-43(29-40)53-34-59(50(41)65)33-47(63)74-51(3,4)5/h9-16,19,22,29,32,34-35,38H,17-18,20-21,23-28,30-31,33H2,1-8H3,(H,57,64)/t35-/m0/s1. The minimum atomic E-state index is -4.21. The molecule has 0 unspecified atom stereocenters. The highest BCUT2D eigenvalue weighted by atomic mass is 32.2. The van der Waals surface area contributed by atoms with E-state index in [1.807, 2.05) is 29.2 Å². The number of aromatic nitrogens is 7. The van der Waals surface area contributed by atoms with Gasteiger partial charge in [0.05, 0.1) is 59.8 Å². The van der Waals surface area contributed by atoms with E-state index in [1.165, 1.54) is 44.4 Å². The van der Waals surface area contributed by atoms with Crippen molar-refractivity contribution >= 4 is 48.6 Å². The average Bonchev–Trinajstić information content (AvgIpc) is 4.07. The molecule has 2 saturated heterocycles. The van der Waals surface area contributed by atoms with Gasteiger partial charge in [0.25, 0.3) is 21.5 Å². The normalized spacial score (nSPS) is 16.5. The third kappa shape index (κ3) is 13.3. The second-order valence-corrected chi connectivity index (χ2v) is 24.3. The number of nitrogens with zero attached hydrogens (tertiary/aromatic N) is 9. The molecule has 8 rings (SSSR count). The molecule has 6 aromatic rings. The second-order valence-electron chi connectivity index (χ2n) is 20.7. The molecule has 2 aromatic carbocycles. The Morgan fingerprint density at radius 1 is 0.868 bits per heavy atom. The number of fused-ring (bicyclic) bond motifs is 1. The zero-order valence-electron chi connectivity index (χ0n) is 44.1. The highest BCUT2D eigenvalue weighted by Crippen LogP contribution is 2.38. The average molecular weight is 1090 g/mol. The molecule has 1 N–H and O–H groups in total. The molecular formula is C52H66N10O12S2. The van der Waals surface area contributed by atoms with Gasteiger partial charge in [0.15, 0.2) is 5.82 Å². The van der Waals surface area contributed by atoms with Gasteiger partial charge in [-0.25, -0.2) is 36.2 Å². The predicted octanol–water partition coefficient (Wildman–Crippen LogP) is 5.16. The van der Waals surface area contributed by atoms with Crippen molar-refractivity contribution in [2.45, 2.75) is 101 Å². The maximum atomic E-state index is 13.7. The Kier molecular flexibility index (Phi) is 16.7. The summed E-state index contributed by atoms with van der Waals surface area (Å²) in [5, 5.41) is 8.83. The molecule has 22 nitrogen and oxygen atoms in total. The molecule has 1 amide bonds. The fraction of sp³-hybridized carbons (Fsp3) is 0.481. The van der Waals surface area contributed by atoms with Gasteiger partial charge in [-0.3, -0.25) is 23.6 Å². The molecular weight excluding hydrogens is 1020 g/mol. The Morgan fingerprint density at radius 3 is 2.20 bits per heavy atom. The van der Waals surface area contributed by atoms with Crippen LogP contribution in [-0.4, -0.2) is 138 Å². The van der Waals surface area contributed by atoms with Crippen LogP contribution in [0.25, 0.3) is 16.7 Å². The minimum absolute atomic E-state index is 0.0507. The Bertz CT molecular complexity index is 3340. The van der Waals surface area contributed by atoms with Gasteiger partial charge in [-0.05, 0) is 121 Å². The monoisotopic (exact) mass is 1090 g/mol. The van der Waals surface area contributed by atoms with Gasteiger partial charge in [0.1, 0.15) is 41.8 Å². The van der Waals surface area contributed by atoms with Crippen LogP contribution in [0.5, 0.6) is 11.6 Å². The number of benzene rings is 2. The van der Waals surface area contributed by atoms with E-state index in [-0.39, 0.29) is 63.2 Å². The van der Waals surface area contributed by atoms with Crippen LogP contribution in [0, 0.1) is 12.8 Å². The number of piperidine rings is 1. The number of carbonyl (C=O) groups is 2. The van der Waals surface area contributed by atoms with Crippen LogP contribution in [0.4, 0.5) is 5.82 Å². The highest BCUT2D eigenvalue weighted by molar-refractivity contribution is 7.90. The molecule has 2 aliphatic rings. The van der Waals surface area contributed by atoms with Crippen molar-refractivity contribution in [1.82, 2.24) is 43.1 Å². The number of ether oxygens (including phenoxy) is 5. The summed E-state index contributed by atoms with van der Waals surface area (Å²) in [6.07, 6.45) is 6.39. The van der Waals surface area contributed by atoms with E-state index in [0.717, 1.165) is 16.6 Å². The van der Waals surface area contributed by atoms with E-state index in [1.54, 1.807) is 59.1 Å². The van der Waals surface area contributed by atoms with E-state index >= 15 is 0 Å². The fourth-order valence-electron chi connectivity index (χ4n) is 9.58. The molecule has 76 heavy (non-hydrogen) atoms. The molecule has 0 saturated carbocycles. The first-order valence-electron chi connectivity index (χ1n) is 25.1. The van der Waals surface area contributed by atoms with Crippen molar-refractivity contribution < 1.29 is 50.1 Å². The van der Waals surface area contributed by atoms with Gasteiger partial charge in [0, 0.05) is 50.7 Å². The lowest BCUT2D eigenvalue weighted by atomic mass is 9.90. The van der Waals surface area contributed by atoms with E-state index < -0.39 is 43.1 Å². The van der Waals surface area contributed by atoms with Crippen molar-refractivity contribution in [1.29, 1.82) is 0 Å². The molecule has 0 spiro atoms. The third-order valence-corrected chi connectivity index (χ3v) is 16.4. The number of rotatable bonds is 21. The summed E-state index contributed by atoms with van der Waals surface area (Å²) in [5.41, 5.74) is 0.172. The lowest BCUT2D eigenvalue weighted by Crippen LogP contribution is -2.41. The third-order valence-electron chi connectivity index (χ3n) is 13.0. The number of amides is 1. The van der Waals surface area contributed by atoms with Crippen LogP contribution < -0.4 is 24.7 Å². The van der Waals surface area contributed by atoms with Crippen molar-refractivity contribution in [2.75, 3.05) is 64.2 Å². The lowest BCUT2D eigenvalue weighted by molar-refractivity contribution is -0.155. The number of esters is 1. The Hall–Kier alpha value is -6.73. The van der Waals surface area contributed by atoms with Crippen LogP contribution in [0.3, 0.4) is 0 Å². The zero-order valence-corrected chi connectivity index (χ0v) is 45.7. The predicted molar refractivity (Wildman–Crippen MR) is 281 cm³/mol. The lowest BCUT2D eigenvalue weighted by Gasteiger charge is -2.34. The summed E-state index contributed by atoms with van der Waals surface area (Å²) < 4.78 is 90.0. The first-order chi connectivity index (χ1) is 36.0. The fourth-order valence-corrected chi connectivity index (χ4v) is 12.3. The number of hydrogen-bond acceptors (Lipinski definition) is 17. The summed E-state index contributed by atoms with van der Waals surface area (Å²) in [7, 11) is -6.45. The SMILES string of the molecule is Cc1nn(C)cc1S(=O)(=O)NC(=O)c1ccc(-n2ccc(OCCOCCOCCOc3ccc(C4CCN(S(=O)(=O)c5ccc6c(=O)n(CC(=O)OC(C)(C)C)cnc6c5)CC4)cc3)n2)nc1N1C[C@@H](C)CC1(C)C. The number of aryl methyl sites for hydroxylation is 2. The summed E-state index contributed by atoms with van der Waals surface area (Å²) in [6, 6.07) is 16.9. The summed E-state index contributed by atoms with van der Waals surface area (Å²) in [5.74, 6) is 0.888. The molecule has 24 heteroatoms. The molecule has 0 radical (unpaired) electrons. The number of hydrogen-bond donors (Lipinski definition) is 1. The van der Waals surface area contributed by atoms with E-state index in [0.29, 0.717) is 88.1 Å². The number of carbonyl (C=O) groups excluding carboxylic acids is 2. The van der Waals surface area contributed by atoms with E-state index in [2.05, 4.69) is 40.7 Å². The minimum Gasteiger partial charge on any atom is -0.491 e. The topological polar surface area (TPSA) is 250 Å². The van der Waals surface area contributed by atoms with Crippen LogP contribution in [0.15, 0.2) is 94.0 Å². The molecule has 1 atom stereocenters. The Balaban J connectivity index is 0.733. The van der Waals surface area contributed by atoms with Gasteiger partial charge in [-0.2, -0.15) is 9.40 Å². The quantitative estimate of drug-likeness (QED) is 0.0722. The molecule has 408 valence electrons. The summed E-state index contributed by atoms with van der Waals surface area (Å²) >= 11 is 0. The molecule has 4 aromatic heterocycles. The maximum absolute atomic E-state index is 13.7. The number of sulfonamides is 2. The van der Waals surface area contributed by atoms with Gasteiger partial charge in [0.2, 0.25) is 15.9 Å². The van der Waals surface area contributed by atoms with Crippen molar-refractivity contribution in [3.63, 3.8) is 0 Å². The molecule has 0 bridgehead atoms. The van der Waals surface area contributed by atoms with Gasteiger partial charge in [-0.15, -0.1) is 5.10 Å². The van der Waals surface area contributed by atoms with Crippen molar-refractivity contribution in [3.8, 4) is 17.4 Å². The first-order valence-corrected chi connectivity index (χ1v) is 28.0. The Labute approximate surface area is 442 Å². The van der Waals surface area contributed by atoms with Gasteiger partial charge in [-0.1, -0.05) is 19.1 Å². The van der Waals surface area contributed by atoms with E-state index in [9.17, 15) is 31.2 Å². The van der Waals surface area contributed by atoms with Crippen molar-refractivity contribution in [3.05, 3.63) is 107 Å². The highest BCUT2D eigenvalue weighted by Gasteiger charge is 2.40. The largest absolute Gasteiger partial charge is 0.491 e. The zero-order chi connectivity index (χ0) is 54.6. The maximum Gasteiger partial charge on any atom is 0.326 e. The van der Waals surface area contributed by atoms with Crippen LogP contribution in [0.1, 0.15) is 88.3 Å². The number of anilines is 1. The molecule has 2 aliphatic heterocycles. The molecule has 2 fully saturated rings. The first kappa shape index (κ1) is 55.5. The molecule has 6 heterocycles. The van der Waals surface area contributed by atoms with Crippen LogP contribution >= 0.6 is 0 Å². The van der Waals surface area contributed by atoms with Crippen LogP contribution in [-0.2, 0) is 52.6 Å². The summed E-state index contributed by atoms with van der Waals surface area (Å²) in [6.45, 7) is 15.9. The smallest absolute Gasteiger partial charge is 0.326 e. The molecule has 0 aliphatic carbocycles. The Morgan fingerprint density at radius 2 is 1.55 bits per heavy atom.